The molecule has 1 N–H and O–H groups in total. The van der Waals surface area contributed by atoms with E-state index in [1.165, 1.54) is 24.3 Å². The summed E-state index contributed by atoms with van der Waals surface area (Å²) < 4.78 is 27.8. The van der Waals surface area contributed by atoms with Gasteiger partial charge in [-0.25, -0.2) is 13.2 Å². The molecular weight excluding hydrogens is 306 g/mol. The average molecular weight is 325 g/mol. The maximum atomic E-state index is 11.9. The van der Waals surface area contributed by atoms with E-state index in [9.17, 15) is 18.0 Å². The number of carbonyl (C=O) groups excluding carboxylic acids is 2. The van der Waals surface area contributed by atoms with E-state index in [1.807, 2.05) is 0 Å². The number of carbonyl (C=O) groups is 2. The van der Waals surface area contributed by atoms with E-state index in [-0.39, 0.29) is 29.0 Å². The van der Waals surface area contributed by atoms with Crippen LogP contribution in [0.15, 0.2) is 29.2 Å². The summed E-state index contributed by atoms with van der Waals surface area (Å²) in [5.74, 6) is -1.05. The molecule has 0 bridgehead atoms. The second kappa shape index (κ2) is 6.91. The number of amides is 1. The van der Waals surface area contributed by atoms with E-state index in [4.69, 9.17) is 4.74 Å². The van der Waals surface area contributed by atoms with Gasteiger partial charge in [0.15, 0.2) is 16.4 Å². The number of ether oxygens (including phenoxy) is 1. The van der Waals surface area contributed by atoms with Gasteiger partial charge in [0, 0.05) is 12.3 Å². The lowest BCUT2D eigenvalue weighted by Crippen LogP contribution is -2.35. The van der Waals surface area contributed by atoms with Gasteiger partial charge >= 0.3 is 5.97 Å². The van der Waals surface area contributed by atoms with Crippen LogP contribution in [0.4, 0.5) is 0 Å². The lowest BCUT2D eigenvalue weighted by Gasteiger charge is -2.12. The topological polar surface area (TPSA) is 89.5 Å². The van der Waals surface area contributed by atoms with Crippen molar-refractivity contribution in [3.63, 3.8) is 0 Å². The van der Waals surface area contributed by atoms with E-state index >= 15 is 0 Å². The molecular formula is C15H19NO5S. The first-order valence-electron chi connectivity index (χ1n) is 7.13. The van der Waals surface area contributed by atoms with Crippen LogP contribution >= 0.6 is 0 Å². The van der Waals surface area contributed by atoms with Crippen molar-refractivity contribution < 1.29 is 22.7 Å². The Morgan fingerprint density at radius 3 is 2.59 bits per heavy atom. The van der Waals surface area contributed by atoms with Crippen molar-refractivity contribution in [2.45, 2.75) is 36.6 Å². The van der Waals surface area contributed by atoms with Crippen molar-refractivity contribution in [2.75, 3.05) is 12.9 Å². The summed E-state index contributed by atoms with van der Waals surface area (Å²) in [5.41, 5.74) is 0.108. The molecule has 1 saturated carbocycles. The Bertz CT molecular complexity index is 662. The van der Waals surface area contributed by atoms with E-state index in [0.717, 1.165) is 31.9 Å². The normalized spacial score (nSPS) is 15.5. The number of esters is 1. The monoisotopic (exact) mass is 325 g/mol. The number of sulfone groups is 1. The fourth-order valence-corrected chi connectivity index (χ4v) is 3.07. The summed E-state index contributed by atoms with van der Waals surface area (Å²) in [6, 6.07) is 5.72. The Labute approximate surface area is 129 Å². The van der Waals surface area contributed by atoms with Gasteiger partial charge in [0.25, 0.3) is 5.91 Å². The first-order valence-corrected chi connectivity index (χ1v) is 9.02. The van der Waals surface area contributed by atoms with Gasteiger partial charge in [0.05, 0.1) is 10.5 Å². The minimum Gasteiger partial charge on any atom is -0.452 e. The number of hydrogen-bond donors (Lipinski definition) is 1. The summed E-state index contributed by atoms with van der Waals surface area (Å²) >= 11 is 0. The predicted molar refractivity (Wildman–Crippen MR) is 80.2 cm³/mol. The second-order valence-corrected chi connectivity index (χ2v) is 7.44. The highest BCUT2D eigenvalue weighted by atomic mass is 32.2. The molecule has 0 saturated heterocycles. The van der Waals surface area contributed by atoms with Crippen molar-refractivity contribution >= 4 is 21.7 Å². The summed E-state index contributed by atoms with van der Waals surface area (Å²) in [6.45, 7) is -0.363. The molecule has 0 aromatic heterocycles. The first kappa shape index (κ1) is 16.5. The molecule has 0 radical (unpaired) electrons. The Kier molecular flexibility index (Phi) is 5.18. The van der Waals surface area contributed by atoms with Gasteiger partial charge in [0.2, 0.25) is 0 Å². The quantitative estimate of drug-likeness (QED) is 0.824. The van der Waals surface area contributed by atoms with Crippen LogP contribution in [0.5, 0.6) is 0 Å². The number of rotatable bonds is 5. The molecule has 1 amide bonds. The lowest BCUT2D eigenvalue weighted by atomic mass is 10.2. The molecule has 0 spiro atoms. The van der Waals surface area contributed by atoms with Crippen molar-refractivity contribution in [1.29, 1.82) is 0 Å². The van der Waals surface area contributed by atoms with Crippen LogP contribution < -0.4 is 5.32 Å². The third-order valence-corrected chi connectivity index (χ3v) is 4.66. The Hall–Kier alpha value is -1.89. The maximum Gasteiger partial charge on any atom is 0.338 e. The zero-order valence-corrected chi connectivity index (χ0v) is 13.2. The van der Waals surface area contributed by atoms with E-state index in [1.54, 1.807) is 0 Å². The van der Waals surface area contributed by atoms with Gasteiger partial charge in [-0.3, -0.25) is 4.79 Å². The standard InChI is InChI=1S/C15H19NO5S/c1-22(19,20)13-8-4-5-11(9-13)15(18)21-10-14(17)16-12-6-2-3-7-12/h4-5,8-9,12H,2-3,6-7,10H2,1H3,(H,16,17). The molecule has 6 nitrogen and oxygen atoms in total. The Morgan fingerprint density at radius 2 is 1.95 bits per heavy atom. The molecule has 120 valence electrons. The van der Waals surface area contributed by atoms with Gasteiger partial charge in [0.1, 0.15) is 0 Å². The van der Waals surface area contributed by atoms with Crippen molar-refractivity contribution in [1.82, 2.24) is 5.32 Å². The molecule has 1 aromatic rings. The van der Waals surface area contributed by atoms with Gasteiger partial charge in [-0.05, 0) is 31.0 Å². The molecule has 0 atom stereocenters. The molecule has 1 aliphatic carbocycles. The Balaban J connectivity index is 1.90. The molecule has 0 unspecified atom stereocenters. The highest BCUT2D eigenvalue weighted by Crippen LogP contribution is 2.17. The second-order valence-electron chi connectivity index (χ2n) is 5.43. The van der Waals surface area contributed by atoms with Crippen LogP contribution in [-0.2, 0) is 19.4 Å². The summed E-state index contributed by atoms with van der Waals surface area (Å²) in [4.78, 5) is 23.6. The molecule has 1 aliphatic rings. The molecule has 1 fully saturated rings. The Morgan fingerprint density at radius 1 is 1.27 bits per heavy atom. The summed E-state index contributed by atoms with van der Waals surface area (Å²) in [6.07, 6.45) is 5.17. The van der Waals surface area contributed by atoms with Crippen LogP contribution in [-0.4, -0.2) is 39.2 Å². The number of benzene rings is 1. The number of hydrogen-bond acceptors (Lipinski definition) is 5. The highest BCUT2D eigenvalue weighted by Gasteiger charge is 2.18. The first-order chi connectivity index (χ1) is 10.4. The maximum absolute atomic E-state index is 11.9. The predicted octanol–water partition coefficient (Wildman–Crippen LogP) is 1.31. The van der Waals surface area contributed by atoms with E-state index in [2.05, 4.69) is 5.32 Å². The van der Waals surface area contributed by atoms with Crippen LogP contribution in [0.2, 0.25) is 0 Å². The smallest absolute Gasteiger partial charge is 0.338 e. The zero-order chi connectivity index (χ0) is 16.2. The lowest BCUT2D eigenvalue weighted by molar-refractivity contribution is -0.124. The van der Waals surface area contributed by atoms with E-state index < -0.39 is 15.8 Å². The zero-order valence-electron chi connectivity index (χ0n) is 12.4. The highest BCUT2D eigenvalue weighted by molar-refractivity contribution is 7.90. The average Bonchev–Trinajstić information content (AvgIpc) is 2.97. The van der Waals surface area contributed by atoms with Crippen molar-refractivity contribution in [2.24, 2.45) is 0 Å². The molecule has 0 heterocycles. The van der Waals surface area contributed by atoms with Crippen LogP contribution in [0.3, 0.4) is 0 Å². The third kappa shape index (κ3) is 4.56. The largest absolute Gasteiger partial charge is 0.452 e. The van der Waals surface area contributed by atoms with Crippen LogP contribution in [0.1, 0.15) is 36.0 Å². The van der Waals surface area contributed by atoms with Gasteiger partial charge in [-0.1, -0.05) is 18.9 Å². The minimum atomic E-state index is -3.39. The van der Waals surface area contributed by atoms with Gasteiger partial charge < -0.3 is 10.1 Å². The SMILES string of the molecule is CS(=O)(=O)c1cccc(C(=O)OCC(=O)NC2CCCC2)c1. The summed E-state index contributed by atoms with van der Waals surface area (Å²) in [7, 11) is -3.39. The minimum absolute atomic E-state index is 0.0392. The fraction of sp³-hybridized carbons (Fsp3) is 0.467. The van der Waals surface area contributed by atoms with E-state index in [0.29, 0.717) is 0 Å². The summed E-state index contributed by atoms with van der Waals surface area (Å²) in [5, 5.41) is 2.81. The molecule has 2 rings (SSSR count). The third-order valence-electron chi connectivity index (χ3n) is 3.55. The van der Waals surface area contributed by atoms with Gasteiger partial charge in [-0.15, -0.1) is 0 Å². The van der Waals surface area contributed by atoms with Crippen LogP contribution in [0.25, 0.3) is 0 Å². The fourth-order valence-electron chi connectivity index (χ4n) is 2.41. The van der Waals surface area contributed by atoms with Crippen molar-refractivity contribution in [3.8, 4) is 0 Å². The molecule has 7 heteroatoms. The van der Waals surface area contributed by atoms with Crippen molar-refractivity contribution in [3.05, 3.63) is 29.8 Å². The van der Waals surface area contributed by atoms with Gasteiger partial charge in [-0.2, -0.15) is 0 Å². The number of nitrogens with one attached hydrogen (secondary N) is 1. The molecule has 1 aromatic carbocycles. The van der Waals surface area contributed by atoms with Crippen LogP contribution in [0, 0.1) is 0 Å². The molecule has 22 heavy (non-hydrogen) atoms. The molecule has 0 aliphatic heterocycles.